The second-order valence-corrected chi connectivity index (χ2v) is 8.81. The summed E-state index contributed by atoms with van der Waals surface area (Å²) in [6.07, 6.45) is 6.03. The van der Waals surface area contributed by atoms with E-state index in [1.54, 1.807) is 12.3 Å². The van der Waals surface area contributed by atoms with Crippen LogP contribution in [0.2, 0.25) is 5.02 Å². The van der Waals surface area contributed by atoms with Crippen LogP contribution in [0.5, 0.6) is 0 Å². The van der Waals surface area contributed by atoms with Gasteiger partial charge in [0.15, 0.2) is 17.5 Å². The van der Waals surface area contributed by atoms with E-state index in [9.17, 15) is 12.8 Å². The summed E-state index contributed by atoms with van der Waals surface area (Å²) >= 11 is 6.01. The van der Waals surface area contributed by atoms with E-state index in [-0.39, 0.29) is 18.4 Å². The van der Waals surface area contributed by atoms with Crippen molar-refractivity contribution in [2.24, 2.45) is 0 Å². The van der Waals surface area contributed by atoms with Gasteiger partial charge in [0.25, 0.3) is 0 Å². The van der Waals surface area contributed by atoms with Gasteiger partial charge in [-0.25, -0.2) is 32.1 Å². The standard InChI is InChI=1S/C16H16ClFN6O2S/c1-27(25,26)24-3-2-10(8-24)22-16-13(18)7-21-15(23-16)12-6-20-14-11(12)4-9(17)5-19-14/h4-7,10H,2-3,8H2,1H3,(H,19,20)(H,21,22,23). The maximum Gasteiger partial charge on any atom is 0.211 e. The molecule has 142 valence electrons. The average Bonchev–Trinajstić information content (AvgIpc) is 3.23. The Bertz CT molecular complexity index is 1120. The number of halogens is 2. The van der Waals surface area contributed by atoms with Crippen molar-refractivity contribution in [3.05, 3.63) is 35.5 Å². The van der Waals surface area contributed by atoms with Gasteiger partial charge in [-0.1, -0.05) is 11.6 Å². The summed E-state index contributed by atoms with van der Waals surface area (Å²) in [5, 5.41) is 4.18. The molecule has 0 bridgehead atoms. The number of H-pyrrole nitrogens is 1. The zero-order valence-electron chi connectivity index (χ0n) is 14.3. The van der Waals surface area contributed by atoms with Crippen LogP contribution in [0.4, 0.5) is 10.2 Å². The van der Waals surface area contributed by atoms with Gasteiger partial charge in [-0.15, -0.1) is 0 Å². The second-order valence-electron chi connectivity index (χ2n) is 6.39. The number of hydrogen-bond donors (Lipinski definition) is 2. The van der Waals surface area contributed by atoms with Gasteiger partial charge in [-0.3, -0.25) is 0 Å². The van der Waals surface area contributed by atoms with Crippen LogP contribution in [0.3, 0.4) is 0 Å². The normalized spacial score (nSPS) is 18.3. The maximum atomic E-state index is 14.2. The van der Waals surface area contributed by atoms with Gasteiger partial charge in [0.1, 0.15) is 5.65 Å². The van der Waals surface area contributed by atoms with Crippen LogP contribution < -0.4 is 5.32 Å². The number of aromatic amines is 1. The molecule has 1 saturated heterocycles. The Kier molecular flexibility index (Phi) is 4.49. The molecule has 1 aliphatic rings. The highest BCUT2D eigenvalue weighted by atomic mass is 35.5. The van der Waals surface area contributed by atoms with Gasteiger partial charge < -0.3 is 10.3 Å². The molecule has 4 rings (SSSR count). The zero-order valence-corrected chi connectivity index (χ0v) is 15.9. The smallest absolute Gasteiger partial charge is 0.211 e. The van der Waals surface area contributed by atoms with Gasteiger partial charge in [0, 0.05) is 42.5 Å². The van der Waals surface area contributed by atoms with E-state index >= 15 is 0 Å². The molecule has 3 aromatic heterocycles. The van der Waals surface area contributed by atoms with Gasteiger partial charge >= 0.3 is 0 Å². The van der Waals surface area contributed by atoms with Crippen molar-refractivity contribution in [2.45, 2.75) is 12.5 Å². The number of pyridine rings is 1. The van der Waals surface area contributed by atoms with Crippen LogP contribution in [-0.4, -0.2) is 58.0 Å². The molecule has 0 spiro atoms. The van der Waals surface area contributed by atoms with E-state index in [0.717, 1.165) is 17.8 Å². The molecule has 2 N–H and O–H groups in total. The molecule has 11 heteroatoms. The van der Waals surface area contributed by atoms with E-state index in [1.807, 2.05) is 0 Å². The van der Waals surface area contributed by atoms with E-state index in [1.165, 1.54) is 10.5 Å². The minimum Gasteiger partial charge on any atom is -0.363 e. The lowest BCUT2D eigenvalue weighted by molar-refractivity contribution is 0.480. The molecule has 1 fully saturated rings. The number of hydrogen-bond acceptors (Lipinski definition) is 6. The highest BCUT2D eigenvalue weighted by Gasteiger charge is 2.29. The first-order valence-electron chi connectivity index (χ1n) is 8.18. The Morgan fingerprint density at radius 2 is 2.19 bits per heavy atom. The molecule has 4 heterocycles. The maximum absolute atomic E-state index is 14.2. The molecule has 0 aromatic carbocycles. The number of nitrogens with zero attached hydrogens (tertiary/aromatic N) is 4. The number of anilines is 1. The summed E-state index contributed by atoms with van der Waals surface area (Å²) in [6, 6.07) is 1.51. The van der Waals surface area contributed by atoms with Gasteiger partial charge in [0.05, 0.1) is 17.5 Å². The second kappa shape index (κ2) is 6.70. The molecular formula is C16H16ClFN6O2S. The first-order valence-corrected chi connectivity index (χ1v) is 10.4. The number of nitrogens with one attached hydrogen (secondary N) is 2. The quantitative estimate of drug-likeness (QED) is 0.683. The molecule has 0 aliphatic carbocycles. The minimum atomic E-state index is -3.27. The van der Waals surface area contributed by atoms with Gasteiger partial charge in [-0.05, 0) is 12.5 Å². The van der Waals surface area contributed by atoms with Crippen molar-refractivity contribution in [3.8, 4) is 11.4 Å². The van der Waals surface area contributed by atoms with Crippen LogP contribution >= 0.6 is 11.6 Å². The average molecular weight is 411 g/mol. The molecule has 1 unspecified atom stereocenters. The third kappa shape index (κ3) is 3.60. The summed E-state index contributed by atoms with van der Waals surface area (Å²) in [4.78, 5) is 15.5. The Labute approximate surface area is 159 Å². The first-order chi connectivity index (χ1) is 12.8. The highest BCUT2D eigenvalue weighted by Crippen LogP contribution is 2.28. The summed E-state index contributed by atoms with van der Waals surface area (Å²) in [5.74, 6) is -0.260. The largest absolute Gasteiger partial charge is 0.363 e. The number of aromatic nitrogens is 4. The fourth-order valence-corrected chi connectivity index (χ4v) is 4.15. The summed E-state index contributed by atoms with van der Waals surface area (Å²) in [5.41, 5.74) is 1.27. The SMILES string of the molecule is CS(=O)(=O)N1CCC(Nc2nc(-c3c[nH]c4ncc(Cl)cc34)ncc2F)C1. The van der Waals surface area contributed by atoms with Crippen LogP contribution in [0.15, 0.2) is 24.7 Å². The molecule has 1 atom stereocenters. The van der Waals surface area contributed by atoms with Crippen molar-refractivity contribution in [3.63, 3.8) is 0 Å². The van der Waals surface area contributed by atoms with Crippen molar-refractivity contribution >= 4 is 38.5 Å². The van der Waals surface area contributed by atoms with Gasteiger partial charge in [0.2, 0.25) is 10.0 Å². The first kappa shape index (κ1) is 18.1. The highest BCUT2D eigenvalue weighted by molar-refractivity contribution is 7.88. The van der Waals surface area contributed by atoms with Crippen LogP contribution in [0.25, 0.3) is 22.4 Å². The van der Waals surface area contributed by atoms with Crippen LogP contribution in [0, 0.1) is 5.82 Å². The Morgan fingerprint density at radius 1 is 1.37 bits per heavy atom. The molecule has 0 saturated carbocycles. The molecule has 0 amide bonds. The zero-order chi connectivity index (χ0) is 19.2. The van der Waals surface area contributed by atoms with E-state index in [4.69, 9.17) is 11.6 Å². The molecule has 27 heavy (non-hydrogen) atoms. The summed E-state index contributed by atoms with van der Waals surface area (Å²) in [7, 11) is -3.27. The van der Waals surface area contributed by atoms with E-state index < -0.39 is 15.8 Å². The predicted octanol–water partition coefficient (Wildman–Crippen LogP) is 2.26. The minimum absolute atomic E-state index is 0.0321. The summed E-state index contributed by atoms with van der Waals surface area (Å²) in [6.45, 7) is 0.660. The topological polar surface area (TPSA) is 104 Å². The number of rotatable bonds is 4. The lowest BCUT2D eigenvalue weighted by atomic mass is 10.2. The van der Waals surface area contributed by atoms with Gasteiger partial charge in [-0.2, -0.15) is 0 Å². The third-order valence-corrected chi connectivity index (χ3v) is 5.92. The van der Waals surface area contributed by atoms with Crippen molar-refractivity contribution in [1.82, 2.24) is 24.2 Å². The fraction of sp³-hybridized carbons (Fsp3) is 0.312. The number of fused-ring (bicyclic) bond motifs is 1. The molecular weight excluding hydrogens is 395 g/mol. The van der Waals surface area contributed by atoms with E-state index in [0.29, 0.717) is 35.0 Å². The molecule has 0 radical (unpaired) electrons. The van der Waals surface area contributed by atoms with E-state index in [2.05, 4.69) is 25.3 Å². The van der Waals surface area contributed by atoms with Crippen LogP contribution in [-0.2, 0) is 10.0 Å². The molecule has 8 nitrogen and oxygen atoms in total. The Morgan fingerprint density at radius 3 is 2.93 bits per heavy atom. The predicted molar refractivity (Wildman–Crippen MR) is 101 cm³/mol. The van der Waals surface area contributed by atoms with Crippen LogP contribution in [0.1, 0.15) is 6.42 Å². The third-order valence-electron chi connectivity index (χ3n) is 4.44. The molecule has 3 aromatic rings. The summed E-state index contributed by atoms with van der Waals surface area (Å²) < 4.78 is 38.8. The monoisotopic (exact) mass is 410 g/mol. The lowest BCUT2D eigenvalue weighted by Gasteiger charge is -2.15. The Hall–Kier alpha value is -2.30. The number of sulfonamides is 1. The van der Waals surface area contributed by atoms with Crippen molar-refractivity contribution < 1.29 is 12.8 Å². The van der Waals surface area contributed by atoms with Crippen molar-refractivity contribution in [2.75, 3.05) is 24.7 Å². The molecule has 1 aliphatic heterocycles. The Balaban J connectivity index is 1.63. The van der Waals surface area contributed by atoms with Crippen molar-refractivity contribution in [1.29, 1.82) is 0 Å². The fourth-order valence-electron chi connectivity index (χ4n) is 3.10. The lowest BCUT2D eigenvalue weighted by Crippen LogP contribution is -2.31.